The summed E-state index contributed by atoms with van der Waals surface area (Å²) in [6.45, 7) is 1.69. The van der Waals surface area contributed by atoms with Crippen LogP contribution < -0.4 is 10.3 Å². The monoisotopic (exact) mass is 475 g/mol. The van der Waals surface area contributed by atoms with Crippen molar-refractivity contribution in [2.75, 3.05) is 17.8 Å². The second kappa shape index (κ2) is 7.92. The molecule has 10 heteroatoms. The Labute approximate surface area is 188 Å². The van der Waals surface area contributed by atoms with Crippen LogP contribution in [0.15, 0.2) is 56.2 Å². The van der Waals surface area contributed by atoms with Crippen LogP contribution in [0.2, 0.25) is 0 Å². The standard InChI is InChI=1S/C21H21N3O4S3/c25-19(10-16-3-1-7-29-16)23-11-14-9-15(13-23)18-6-5-17(21(26)24(18)12-14)22-31(27,28)20-4-2-8-30-20/h1-8,14-15,22H,9-13H2. The number of sulfonamides is 1. The van der Waals surface area contributed by atoms with E-state index in [1.807, 2.05) is 28.5 Å². The summed E-state index contributed by atoms with van der Waals surface area (Å²) in [7, 11) is -3.78. The highest BCUT2D eigenvalue weighted by molar-refractivity contribution is 7.94. The molecule has 1 fully saturated rings. The zero-order valence-electron chi connectivity index (χ0n) is 16.6. The minimum atomic E-state index is -3.78. The summed E-state index contributed by atoms with van der Waals surface area (Å²) in [5, 5.41) is 3.65. The molecule has 1 saturated heterocycles. The fourth-order valence-corrected chi connectivity index (χ4v) is 7.26. The minimum absolute atomic E-state index is 0.0581. The summed E-state index contributed by atoms with van der Waals surface area (Å²) >= 11 is 2.69. The van der Waals surface area contributed by atoms with Gasteiger partial charge in [-0.2, -0.15) is 0 Å². The van der Waals surface area contributed by atoms with Crippen molar-refractivity contribution in [1.29, 1.82) is 0 Å². The second-order valence-electron chi connectivity index (χ2n) is 7.98. The highest BCUT2D eigenvalue weighted by Gasteiger charge is 2.36. The second-order valence-corrected chi connectivity index (χ2v) is 11.9. The highest BCUT2D eigenvalue weighted by Crippen LogP contribution is 2.36. The summed E-state index contributed by atoms with van der Waals surface area (Å²) in [4.78, 5) is 28.8. The number of carbonyl (C=O) groups excluding carboxylic acids is 1. The first kappa shape index (κ1) is 20.5. The summed E-state index contributed by atoms with van der Waals surface area (Å²) in [6, 6.07) is 10.5. The fraction of sp³-hybridized carbons (Fsp3) is 0.333. The van der Waals surface area contributed by atoms with Gasteiger partial charge in [0.2, 0.25) is 5.91 Å². The van der Waals surface area contributed by atoms with Gasteiger partial charge in [0.1, 0.15) is 9.90 Å². The van der Waals surface area contributed by atoms with E-state index in [-0.39, 0.29) is 33.2 Å². The molecule has 3 aromatic rings. The first-order valence-corrected chi connectivity index (χ1v) is 13.2. The van der Waals surface area contributed by atoms with E-state index in [1.165, 1.54) is 6.07 Å². The summed E-state index contributed by atoms with van der Waals surface area (Å²) < 4.78 is 29.4. The zero-order valence-corrected chi connectivity index (χ0v) is 19.0. The number of hydrogen-bond donors (Lipinski definition) is 1. The number of aromatic nitrogens is 1. The van der Waals surface area contributed by atoms with Crippen LogP contribution >= 0.6 is 22.7 Å². The molecule has 2 aliphatic heterocycles. The molecule has 2 aliphatic rings. The van der Waals surface area contributed by atoms with E-state index in [2.05, 4.69) is 4.72 Å². The smallest absolute Gasteiger partial charge is 0.275 e. The molecule has 162 valence electrons. The number of likely N-dealkylation sites (tertiary alicyclic amines) is 1. The van der Waals surface area contributed by atoms with Crippen molar-refractivity contribution in [1.82, 2.24) is 9.47 Å². The molecular weight excluding hydrogens is 454 g/mol. The number of amides is 1. The van der Waals surface area contributed by atoms with Gasteiger partial charge in [-0.25, -0.2) is 8.42 Å². The Balaban J connectivity index is 1.38. The Bertz CT molecular complexity index is 1260. The zero-order chi connectivity index (χ0) is 21.6. The molecule has 1 amide bonds. The predicted molar refractivity (Wildman–Crippen MR) is 121 cm³/mol. The van der Waals surface area contributed by atoms with Crippen molar-refractivity contribution in [3.8, 4) is 0 Å². The van der Waals surface area contributed by atoms with Crippen LogP contribution in [0.5, 0.6) is 0 Å². The molecule has 0 radical (unpaired) electrons. The molecule has 2 unspecified atom stereocenters. The van der Waals surface area contributed by atoms with Gasteiger partial charge >= 0.3 is 0 Å². The van der Waals surface area contributed by atoms with Crippen LogP contribution in [0.1, 0.15) is 22.9 Å². The van der Waals surface area contributed by atoms with Gasteiger partial charge in [0, 0.05) is 36.1 Å². The number of thiophene rings is 2. The van der Waals surface area contributed by atoms with Crippen LogP contribution in [0.3, 0.4) is 0 Å². The Morgan fingerprint density at radius 1 is 1.06 bits per heavy atom. The molecular formula is C21H21N3O4S3. The number of nitrogens with zero attached hydrogens (tertiary/aromatic N) is 2. The van der Waals surface area contributed by atoms with Gasteiger partial charge in [-0.1, -0.05) is 12.1 Å². The molecule has 0 spiro atoms. The Morgan fingerprint density at radius 3 is 2.61 bits per heavy atom. The van der Waals surface area contributed by atoms with Crippen molar-refractivity contribution in [3.63, 3.8) is 0 Å². The molecule has 2 bridgehead atoms. The first-order valence-electron chi connectivity index (χ1n) is 10.0. The fourth-order valence-electron chi connectivity index (χ4n) is 4.51. The van der Waals surface area contributed by atoms with Crippen LogP contribution in [-0.2, 0) is 27.8 Å². The Morgan fingerprint density at radius 2 is 1.87 bits per heavy atom. The SMILES string of the molecule is O=C(Cc1cccs1)N1CC2CC(C1)c1ccc(NS(=O)(=O)c3cccs3)c(=O)n1C2. The molecule has 3 aromatic heterocycles. The van der Waals surface area contributed by atoms with Crippen LogP contribution in [0, 0.1) is 5.92 Å². The summed E-state index contributed by atoms with van der Waals surface area (Å²) in [6.07, 6.45) is 1.34. The first-order chi connectivity index (χ1) is 14.9. The normalized spacial score (nSPS) is 20.3. The van der Waals surface area contributed by atoms with Gasteiger partial charge in [0.25, 0.3) is 15.6 Å². The van der Waals surface area contributed by atoms with Crippen LogP contribution in [0.4, 0.5) is 5.69 Å². The molecule has 7 nitrogen and oxygen atoms in total. The number of anilines is 1. The van der Waals surface area contributed by atoms with Crippen molar-refractivity contribution < 1.29 is 13.2 Å². The van der Waals surface area contributed by atoms with E-state index in [4.69, 9.17) is 0 Å². The van der Waals surface area contributed by atoms with Crippen LogP contribution in [0.25, 0.3) is 0 Å². The largest absolute Gasteiger partial charge is 0.341 e. The number of pyridine rings is 1. The topological polar surface area (TPSA) is 88.5 Å². The molecule has 5 heterocycles. The average molecular weight is 476 g/mol. The number of carbonyl (C=O) groups is 1. The quantitative estimate of drug-likeness (QED) is 0.615. The van der Waals surface area contributed by atoms with Gasteiger partial charge in [-0.05, 0) is 47.4 Å². The van der Waals surface area contributed by atoms with E-state index >= 15 is 0 Å². The van der Waals surface area contributed by atoms with Gasteiger partial charge < -0.3 is 9.47 Å². The lowest BCUT2D eigenvalue weighted by Gasteiger charge is -2.43. The highest BCUT2D eigenvalue weighted by atomic mass is 32.2. The molecule has 2 atom stereocenters. The van der Waals surface area contributed by atoms with Crippen LogP contribution in [-0.4, -0.2) is 36.9 Å². The minimum Gasteiger partial charge on any atom is -0.341 e. The number of hydrogen-bond acceptors (Lipinski definition) is 6. The molecule has 5 rings (SSSR count). The maximum atomic E-state index is 13.1. The number of rotatable bonds is 5. The Hall–Kier alpha value is -2.43. The van der Waals surface area contributed by atoms with E-state index < -0.39 is 10.0 Å². The van der Waals surface area contributed by atoms with Gasteiger partial charge in [-0.3, -0.25) is 14.3 Å². The lowest BCUT2D eigenvalue weighted by Crippen LogP contribution is -2.49. The molecule has 0 aliphatic carbocycles. The third kappa shape index (κ3) is 3.95. The van der Waals surface area contributed by atoms with E-state index in [0.717, 1.165) is 28.3 Å². The van der Waals surface area contributed by atoms with Crippen molar-refractivity contribution in [2.45, 2.75) is 29.5 Å². The van der Waals surface area contributed by atoms with Crippen molar-refractivity contribution in [3.05, 3.63) is 68.1 Å². The molecule has 0 aromatic carbocycles. The van der Waals surface area contributed by atoms with Crippen molar-refractivity contribution in [2.24, 2.45) is 5.92 Å². The number of nitrogens with one attached hydrogen (secondary N) is 1. The maximum absolute atomic E-state index is 13.1. The van der Waals surface area contributed by atoms with E-state index in [1.54, 1.807) is 33.4 Å². The van der Waals surface area contributed by atoms with Gasteiger partial charge in [0.15, 0.2) is 0 Å². The van der Waals surface area contributed by atoms with E-state index in [9.17, 15) is 18.0 Å². The lowest BCUT2D eigenvalue weighted by atomic mass is 9.83. The average Bonchev–Trinajstić information content (AvgIpc) is 3.45. The number of fused-ring (bicyclic) bond motifs is 4. The summed E-state index contributed by atoms with van der Waals surface area (Å²) in [5.41, 5.74) is 0.599. The maximum Gasteiger partial charge on any atom is 0.275 e. The summed E-state index contributed by atoms with van der Waals surface area (Å²) in [5.74, 6) is 0.379. The third-order valence-corrected chi connectivity index (χ3v) is 9.51. The third-order valence-electron chi connectivity index (χ3n) is 5.87. The van der Waals surface area contributed by atoms with E-state index in [0.29, 0.717) is 26.1 Å². The number of piperidine rings is 1. The predicted octanol–water partition coefficient (Wildman–Crippen LogP) is 2.96. The molecule has 0 saturated carbocycles. The van der Waals surface area contributed by atoms with Gasteiger partial charge in [-0.15, -0.1) is 22.7 Å². The lowest BCUT2D eigenvalue weighted by molar-refractivity contribution is -0.133. The molecule has 31 heavy (non-hydrogen) atoms. The Kier molecular flexibility index (Phi) is 5.23. The molecule has 1 N–H and O–H groups in total. The van der Waals surface area contributed by atoms with Crippen molar-refractivity contribution >= 4 is 44.3 Å². The van der Waals surface area contributed by atoms with Gasteiger partial charge in [0.05, 0.1) is 6.42 Å².